The number of rotatable bonds is 9. The van der Waals surface area contributed by atoms with Gasteiger partial charge in [-0.15, -0.1) is 0 Å². The summed E-state index contributed by atoms with van der Waals surface area (Å²) in [5.74, 6) is -0.418. The SMILES string of the molecule is COC(=O)c1ccc(CNC(=O)CC[C@@]2(Cc3ccc(-c4ccccc4)cc3)CCC(=O)N2)cc1. The Hall–Kier alpha value is -3.93. The second kappa shape index (κ2) is 11.0. The van der Waals surface area contributed by atoms with Gasteiger partial charge in [-0.05, 0) is 53.6 Å². The summed E-state index contributed by atoms with van der Waals surface area (Å²) in [5.41, 5.74) is 4.41. The Morgan fingerprint density at radius 1 is 0.914 bits per heavy atom. The van der Waals surface area contributed by atoms with Crippen molar-refractivity contribution in [3.8, 4) is 11.1 Å². The van der Waals surface area contributed by atoms with Crippen molar-refractivity contribution in [3.05, 3.63) is 95.6 Å². The van der Waals surface area contributed by atoms with Gasteiger partial charge in [-0.25, -0.2) is 4.79 Å². The van der Waals surface area contributed by atoms with Gasteiger partial charge in [-0.1, -0.05) is 66.7 Å². The molecule has 3 aromatic carbocycles. The number of esters is 1. The fourth-order valence-corrected chi connectivity index (χ4v) is 4.54. The van der Waals surface area contributed by atoms with Gasteiger partial charge in [0.15, 0.2) is 0 Å². The Balaban J connectivity index is 1.33. The molecular formula is C29H30N2O4. The van der Waals surface area contributed by atoms with Crippen molar-refractivity contribution in [2.45, 2.75) is 44.2 Å². The highest BCUT2D eigenvalue weighted by Crippen LogP contribution is 2.30. The molecule has 1 atom stereocenters. The maximum atomic E-state index is 12.6. The van der Waals surface area contributed by atoms with E-state index >= 15 is 0 Å². The molecule has 180 valence electrons. The molecule has 2 N–H and O–H groups in total. The zero-order chi connectivity index (χ0) is 24.7. The van der Waals surface area contributed by atoms with Crippen LogP contribution in [0.2, 0.25) is 0 Å². The molecule has 0 aromatic heterocycles. The van der Waals surface area contributed by atoms with E-state index in [9.17, 15) is 14.4 Å². The number of carbonyl (C=O) groups is 3. The fraction of sp³-hybridized carbons (Fsp3) is 0.276. The third-order valence-corrected chi connectivity index (χ3v) is 6.53. The number of nitrogens with one attached hydrogen (secondary N) is 2. The van der Waals surface area contributed by atoms with Crippen molar-refractivity contribution in [2.24, 2.45) is 0 Å². The van der Waals surface area contributed by atoms with Gasteiger partial charge in [0.1, 0.15) is 0 Å². The molecule has 1 aliphatic heterocycles. The van der Waals surface area contributed by atoms with Crippen LogP contribution in [0.25, 0.3) is 11.1 Å². The Morgan fingerprint density at radius 2 is 1.57 bits per heavy atom. The van der Waals surface area contributed by atoms with Gasteiger partial charge in [-0.3, -0.25) is 9.59 Å². The fourth-order valence-electron chi connectivity index (χ4n) is 4.54. The zero-order valence-corrected chi connectivity index (χ0v) is 19.9. The Kier molecular flexibility index (Phi) is 7.60. The summed E-state index contributed by atoms with van der Waals surface area (Å²) < 4.78 is 4.70. The molecule has 6 nitrogen and oxygen atoms in total. The number of hydrogen-bond donors (Lipinski definition) is 2. The highest BCUT2D eigenvalue weighted by molar-refractivity contribution is 5.89. The monoisotopic (exact) mass is 470 g/mol. The minimum absolute atomic E-state index is 0.0389. The van der Waals surface area contributed by atoms with E-state index in [2.05, 4.69) is 47.0 Å². The third-order valence-electron chi connectivity index (χ3n) is 6.53. The van der Waals surface area contributed by atoms with E-state index in [1.165, 1.54) is 12.7 Å². The van der Waals surface area contributed by atoms with Gasteiger partial charge < -0.3 is 15.4 Å². The highest BCUT2D eigenvalue weighted by atomic mass is 16.5. The standard InChI is InChI=1S/C29H30N2O4/c1-35-28(34)25-13-9-22(10-14-25)20-30-26(32)15-17-29(18-16-27(33)31-29)19-21-7-11-24(12-8-21)23-5-3-2-4-6-23/h2-14H,15-20H2,1H3,(H,30,32)(H,31,33)/t29-/m0/s1. The number of amides is 2. The van der Waals surface area contributed by atoms with Gasteiger partial charge in [0.2, 0.25) is 11.8 Å². The normalized spacial score (nSPS) is 17.0. The predicted molar refractivity (Wildman–Crippen MR) is 135 cm³/mol. The van der Waals surface area contributed by atoms with Gasteiger partial charge in [-0.2, -0.15) is 0 Å². The largest absolute Gasteiger partial charge is 0.465 e. The highest BCUT2D eigenvalue weighted by Gasteiger charge is 2.37. The molecule has 1 saturated heterocycles. The number of hydrogen-bond acceptors (Lipinski definition) is 4. The van der Waals surface area contributed by atoms with E-state index in [0.717, 1.165) is 16.7 Å². The molecule has 3 aromatic rings. The smallest absolute Gasteiger partial charge is 0.337 e. The van der Waals surface area contributed by atoms with Crippen molar-refractivity contribution in [3.63, 3.8) is 0 Å². The number of benzene rings is 3. The van der Waals surface area contributed by atoms with E-state index in [-0.39, 0.29) is 17.8 Å². The summed E-state index contributed by atoms with van der Waals surface area (Å²) in [4.78, 5) is 36.2. The number of carbonyl (C=O) groups excluding carboxylic acids is 3. The quantitative estimate of drug-likeness (QED) is 0.453. The summed E-state index contributed by atoms with van der Waals surface area (Å²) in [6, 6.07) is 25.6. The number of ether oxygens (including phenoxy) is 1. The van der Waals surface area contributed by atoms with Crippen molar-refractivity contribution < 1.29 is 19.1 Å². The summed E-state index contributed by atoms with van der Waals surface area (Å²) in [5, 5.41) is 6.09. The zero-order valence-electron chi connectivity index (χ0n) is 19.9. The molecule has 6 heteroatoms. The van der Waals surface area contributed by atoms with Crippen LogP contribution in [0.5, 0.6) is 0 Å². The molecule has 0 aliphatic carbocycles. The molecule has 4 rings (SSSR count). The second-order valence-corrected chi connectivity index (χ2v) is 9.03. The maximum Gasteiger partial charge on any atom is 0.337 e. The first-order valence-electron chi connectivity index (χ1n) is 11.9. The molecule has 0 radical (unpaired) electrons. The van der Waals surface area contributed by atoms with Crippen LogP contribution in [0, 0.1) is 0 Å². The predicted octanol–water partition coefficient (Wildman–Crippen LogP) is 4.43. The van der Waals surface area contributed by atoms with Crippen molar-refractivity contribution in [1.82, 2.24) is 10.6 Å². The van der Waals surface area contributed by atoms with Crippen LogP contribution in [-0.2, 0) is 27.3 Å². The average molecular weight is 471 g/mol. The van der Waals surface area contributed by atoms with Gasteiger partial charge in [0.05, 0.1) is 12.7 Å². The summed E-state index contributed by atoms with van der Waals surface area (Å²) in [7, 11) is 1.34. The maximum absolute atomic E-state index is 12.6. The first-order chi connectivity index (χ1) is 17.0. The van der Waals surface area contributed by atoms with E-state index in [4.69, 9.17) is 4.74 Å². The molecule has 0 saturated carbocycles. The van der Waals surface area contributed by atoms with Crippen LogP contribution < -0.4 is 10.6 Å². The van der Waals surface area contributed by atoms with Crippen LogP contribution in [0.3, 0.4) is 0 Å². The van der Waals surface area contributed by atoms with Crippen LogP contribution in [0.15, 0.2) is 78.9 Å². The molecule has 0 unspecified atom stereocenters. The van der Waals surface area contributed by atoms with Crippen LogP contribution in [0.1, 0.15) is 47.2 Å². The minimum atomic E-state index is -0.412. The Morgan fingerprint density at radius 3 is 2.20 bits per heavy atom. The van der Waals surface area contributed by atoms with Gasteiger partial charge in [0, 0.05) is 24.9 Å². The lowest BCUT2D eigenvalue weighted by Crippen LogP contribution is -2.44. The molecule has 1 aliphatic rings. The molecule has 0 spiro atoms. The Bertz CT molecular complexity index is 1170. The molecular weight excluding hydrogens is 440 g/mol. The average Bonchev–Trinajstić information content (AvgIpc) is 3.27. The summed E-state index contributed by atoms with van der Waals surface area (Å²) in [6.45, 7) is 0.376. The van der Waals surface area contributed by atoms with Crippen LogP contribution in [-0.4, -0.2) is 30.4 Å². The lowest BCUT2D eigenvalue weighted by Gasteiger charge is -2.29. The first kappa shape index (κ1) is 24.2. The van der Waals surface area contributed by atoms with Crippen molar-refractivity contribution in [1.29, 1.82) is 0 Å². The van der Waals surface area contributed by atoms with Crippen LogP contribution >= 0.6 is 0 Å². The van der Waals surface area contributed by atoms with E-state index in [0.29, 0.717) is 44.2 Å². The lowest BCUT2D eigenvalue weighted by atomic mass is 9.84. The number of methoxy groups -OCH3 is 1. The molecule has 0 bridgehead atoms. The van der Waals surface area contributed by atoms with Crippen molar-refractivity contribution in [2.75, 3.05) is 7.11 Å². The molecule has 2 amide bonds. The molecule has 1 heterocycles. The third kappa shape index (κ3) is 6.35. The lowest BCUT2D eigenvalue weighted by molar-refractivity contribution is -0.122. The second-order valence-electron chi connectivity index (χ2n) is 9.03. The van der Waals surface area contributed by atoms with E-state index in [1.807, 2.05) is 18.2 Å². The van der Waals surface area contributed by atoms with Gasteiger partial charge in [0.25, 0.3) is 0 Å². The first-order valence-corrected chi connectivity index (χ1v) is 11.9. The summed E-state index contributed by atoms with van der Waals surface area (Å²) >= 11 is 0. The Labute approximate surface area is 205 Å². The van der Waals surface area contributed by atoms with E-state index < -0.39 is 5.54 Å². The molecule has 35 heavy (non-hydrogen) atoms. The van der Waals surface area contributed by atoms with Gasteiger partial charge >= 0.3 is 5.97 Å². The molecule has 1 fully saturated rings. The van der Waals surface area contributed by atoms with Crippen LogP contribution in [0.4, 0.5) is 0 Å². The summed E-state index contributed by atoms with van der Waals surface area (Å²) in [6.07, 6.45) is 2.79. The minimum Gasteiger partial charge on any atom is -0.465 e. The van der Waals surface area contributed by atoms with Crippen molar-refractivity contribution >= 4 is 17.8 Å². The topological polar surface area (TPSA) is 84.5 Å². The van der Waals surface area contributed by atoms with E-state index in [1.54, 1.807) is 24.3 Å².